The fraction of sp³-hybridized carbons (Fsp3) is 0.636. The lowest BCUT2D eigenvalue weighted by molar-refractivity contribution is -0.140. The van der Waals surface area contributed by atoms with Gasteiger partial charge in [0.2, 0.25) is 5.91 Å². The van der Waals surface area contributed by atoms with E-state index in [-0.39, 0.29) is 18.5 Å². The number of hydrogen-bond acceptors (Lipinski definition) is 3. The first-order valence-corrected chi connectivity index (χ1v) is 10.2. The molecule has 0 bridgehead atoms. The highest BCUT2D eigenvalue weighted by Gasteiger charge is 2.37. The monoisotopic (exact) mass is 372 g/mol. The highest BCUT2D eigenvalue weighted by Crippen LogP contribution is 2.33. The number of carbonyl (C=O) groups is 2. The largest absolute Gasteiger partial charge is 0.480 e. The number of nitrogens with zero attached hydrogens (tertiary/aromatic N) is 1. The summed E-state index contributed by atoms with van der Waals surface area (Å²) in [6.07, 6.45) is 5.45. The van der Waals surface area contributed by atoms with Crippen molar-refractivity contribution in [1.82, 2.24) is 10.2 Å². The summed E-state index contributed by atoms with van der Waals surface area (Å²) < 4.78 is 0. The Labute approximate surface area is 162 Å². The molecule has 0 unspecified atom stereocenters. The lowest BCUT2D eigenvalue weighted by atomic mass is 9.85. The van der Waals surface area contributed by atoms with Crippen LogP contribution in [-0.2, 0) is 16.0 Å². The summed E-state index contributed by atoms with van der Waals surface area (Å²) in [5.41, 5.74) is 2.51. The SMILES string of the molecule is CC(C)c1ccc(CCC(=O)NC2CC(N(CC(=O)O)CC3CC3)C2)cc1. The number of carbonyl (C=O) groups excluding carboxylic acids is 1. The van der Waals surface area contributed by atoms with Crippen molar-refractivity contribution >= 4 is 11.9 Å². The molecule has 2 aliphatic rings. The van der Waals surface area contributed by atoms with Crippen LogP contribution in [0.4, 0.5) is 0 Å². The van der Waals surface area contributed by atoms with Gasteiger partial charge in [-0.1, -0.05) is 38.1 Å². The topological polar surface area (TPSA) is 69.6 Å². The minimum atomic E-state index is -0.758. The second kappa shape index (κ2) is 8.87. The standard InChI is InChI=1S/C22H32N2O3/c1-15(2)18-8-5-16(6-9-18)7-10-21(25)23-19-11-20(12-19)24(14-22(26)27)13-17-3-4-17/h5-6,8-9,15,17,19-20H,3-4,7,10-14H2,1-2H3,(H,23,25)(H,26,27). The number of aryl methyl sites for hydroxylation is 1. The van der Waals surface area contributed by atoms with Crippen LogP contribution in [0.15, 0.2) is 24.3 Å². The van der Waals surface area contributed by atoms with E-state index in [1.807, 2.05) is 0 Å². The molecular formula is C22H32N2O3. The van der Waals surface area contributed by atoms with Crippen molar-refractivity contribution in [3.63, 3.8) is 0 Å². The first-order valence-electron chi connectivity index (χ1n) is 10.2. The number of amides is 1. The predicted octanol–water partition coefficient (Wildman–Crippen LogP) is 3.19. The van der Waals surface area contributed by atoms with E-state index in [2.05, 4.69) is 48.3 Å². The fourth-order valence-electron chi connectivity index (χ4n) is 3.78. The van der Waals surface area contributed by atoms with Gasteiger partial charge in [-0.05, 0) is 55.1 Å². The van der Waals surface area contributed by atoms with Crippen molar-refractivity contribution in [3.05, 3.63) is 35.4 Å². The van der Waals surface area contributed by atoms with Gasteiger partial charge in [0, 0.05) is 25.0 Å². The first-order chi connectivity index (χ1) is 12.9. The van der Waals surface area contributed by atoms with Crippen LogP contribution in [0.1, 0.15) is 63.0 Å². The maximum atomic E-state index is 12.2. The molecule has 1 aromatic rings. The lowest BCUT2D eigenvalue weighted by Crippen LogP contribution is -2.55. The fourth-order valence-corrected chi connectivity index (χ4v) is 3.78. The van der Waals surface area contributed by atoms with Crippen molar-refractivity contribution < 1.29 is 14.7 Å². The summed E-state index contributed by atoms with van der Waals surface area (Å²) in [4.78, 5) is 25.4. The second-order valence-electron chi connectivity index (χ2n) is 8.55. The molecule has 5 heteroatoms. The molecule has 0 aliphatic heterocycles. The van der Waals surface area contributed by atoms with Gasteiger partial charge in [-0.25, -0.2) is 0 Å². The van der Waals surface area contributed by atoms with E-state index in [1.54, 1.807) is 0 Å². The molecular weight excluding hydrogens is 340 g/mol. The summed E-state index contributed by atoms with van der Waals surface area (Å²) in [5, 5.41) is 12.2. The van der Waals surface area contributed by atoms with Gasteiger partial charge < -0.3 is 10.4 Å². The first kappa shape index (κ1) is 19.9. The van der Waals surface area contributed by atoms with Gasteiger partial charge in [0.15, 0.2) is 0 Å². The Morgan fingerprint density at radius 3 is 2.41 bits per heavy atom. The number of rotatable bonds is 10. The Hall–Kier alpha value is -1.88. The quantitative estimate of drug-likeness (QED) is 0.662. The third kappa shape index (κ3) is 6.06. The molecule has 0 spiro atoms. The van der Waals surface area contributed by atoms with Crippen LogP contribution in [0, 0.1) is 5.92 Å². The smallest absolute Gasteiger partial charge is 0.317 e. The van der Waals surface area contributed by atoms with Crippen molar-refractivity contribution in [2.45, 2.75) is 70.4 Å². The maximum Gasteiger partial charge on any atom is 0.317 e. The summed E-state index contributed by atoms with van der Waals surface area (Å²) in [6, 6.07) is 9.01. The molecule has 5 nitrogen and oxygen atoms in total. The average molecular weight is 373 g/mol. The van der Waals surface area contributed by atoms with E-state index in [0.29, 0.717) is 24.3 Å². The minimum absolute atomic E-state index is 0.0957. The maximum absolute atomic E-state index is 12.2. The van der Waals surface area contributed by atoms with E-state index in [9.17, 15) is 9.59 Å². The zero-order valence-electron chi connectivity index (χ0n) is 16.5. The number of nitrogens with one attached hydrogen (secondary N) is 1. The molecule has 0 aromatic heterocycles. The highest BCUT2D eigenvalue weighted by atomic mass is 16.4. The van der Waals surface area contributed by atoms with Crippen molar-refractivity contribution in [2.24, 2.45) is 5.92 Å². The number of carboxylic acids is 1. The Kier molecular flexibility index (Phi) is 6.53. The van der Waals surface area contributed by atoms with E-state index >= 15 is 0 Å². The van der Waals surface area contributed by atoms with E-state index in [1.165, 1.54) is 24.0 Å². The van der Waals surface area contributed by atoms with Gasteiger partial charge >= 0.3 is 5.97 Å². The molecule has 0 saturated heterocycles. The molecule has 0 heterocycles. The van der Waals surface area contributed by atoms with Crippen LogP contribution in [0.2, 0.25) is 0 Å². The van der Waals surface area contributed by atoms with Gasteiger partial charge in [0.25, 0.3) is 0 Å². The second-order valence-corrected chi connectivity index (χ2v) is 8.55. The summed E-state index contributed by atoms with van der Waals surface area (Å²) in [7, 11) is 0. The van der Waals surface area contributed by atoms with Crippen LogP contribution < -0.4 is 5.32 Å². The van der Waals surface area contributed by atoms with Crippen LogP contribution in [0.25, 0.3) is 0 Å². The molecule has 27 heavy (non-hydrogen) atoms. The van der Waals surface area contributed by atoms with Crippen molar-refractivity contribution in [2.75, 3.05) is 13.1 Å². The van der Waals surface area contributed by atoms with Crippen LogP contribution in [0.5, 0.6) is 0 Å². The number of hydrogen-bond donors (Lipinski definition) is 2. The Bertz CT molecular complexity index is 646. The van der Waals surface area contributed by atoms with Gasteiger partial charge in [-0.2, -0.15) is 0 Å². The molecule has 2 aliphatic carbocycles. The third-order valence-electron chi connectivity index (χ3n) is 5.81. The van der Waals surface area contributed by atoms with Gasteiger partial charge in [-0.3, -0.25) is 14.5 Å². The van der Waals surface area contributed by atoms with E-state index in [0.717, 1.165) is 25.8 Å². The van der Waals surface area contributed by atoms with E-state index < -0.39 is 5.97 Å². The molecule has 1 amide bonds. The zero-order valence-corrected chi connectivity index (χ0v) is 16.5. The number of aliphatic carboxylic acids is 1. The average Bonchev–Trinajstić information content (AvgIpc) is 3.39. The predicted molar refractivity (Wildman–Crippen MR) is 106 cm³/mol. The van der Waals surface area contributed by atoms with Gasteiger partial charge in [0.1, 0.15) is 0 Å². The molecule has 3 rings (SSSR count). The van der Waals surface area contributed by atoms with Gasteiger partial charge in [-0.15, -0.1) is 0 Å². The van der Waals surface area contributed by atoms with Crippen molar-refractivity contribution in [3.8, 4) is 0 Å². The molecule has 148 valence electrons. The Balaban J connectivity index is 1.37. The Morgan fingerprint density at radius 1 is 1.19 bits per heavy atom. The summed E-state index contributed by atoms with van der Waals surface area (Å²) in [5.74, 6) is 0.541. The number of carboxylic acid groups (broad SMARTS) is 1. The minimum Gasteiger partial charge on any atom is -0.480 e. The molecule has 1 aromatic carbocycles. The van der Waals surface area contributed by atoms with Crippen LogP contribution in [-0.4, -0.2) is 47.1 Å². The van der Waals surface area contributed by atoms with E-state index in [4.69, 9.17) is 5.11 Å². The normalized spacial score (nSPS) is 21.9. The highest BCUT2D eigenvalue weighted by molar-refractivity contribution is 5.76. The van der Waals surface area contributed by atoms with Crippen LogP contribution in [0.3, 0.4) is 0 Å². The molecule has 0 radical (unpaired) electrons. The van der Waals surface area contributed by atoms with Crippen molar-refractivity contribution in [1.29, 1.82) is 0 Å². The summed E-state index contributed by atoms with van der Waals surface area (Å²) in [6.45, 7) is 5.37. The molecule has 2 fully saturated rings. The summed E-state index contributed by atoms with van der Waals surface area (Å²) >= 11 is 0. The molecule has 0 atom stereocenters. The van der Waals surface area contributed by atoms with Gasteiger partial charge in [0.05, 0.1) is 6.54 Å². The third-order valence-corrected chi connectivity index (χ3v) is 5.81. The molecule has 2 saturated carbocycles. The Morgan fingerprint density at radius 2 is 1.85 bits per heavy atom. The lowest BCUT2D eigenvalue weighted by Gasteiger charge is -2.42. The molecule has 2 N–H and O–H groups in total. The number of benzene rings is 1. The zero-order chi connectivity index (χ0) is 19.4. The van der Waals surface area contributed by atoms with Crippen LogP contribution >= 0.6 is 0 Å².